The fourth-order valence-corrected chi connectivity index (χ4v) is 3.27. The molecule has 0 aliphatic carbocycles. The third-order valence-corrected chi connectivity index (χ3v) is 4.63. The second-order valence-corrected chi connectivity index (χ2v) is 5.99. The summed E-state index contributed by atoms with van der Waals surface area (Å²) in [6.45, 7) is 9.52. The quantitative estimate of drug-likeness (QED) is 0.802. The summed E-state index contributed by atoms with van der Waals surface area (Å²) in [4.78, 5) is 2.57. The molecule has 0 aromatic carbocycles. The van der Waals surface area contributed by atoms with Gasteiger partial charge < -0.3 is 14.8 Å². The fraction of sp³-hybridized carbons (Fsp3) is 0.800. The van der Waals surface area contributed by atoms with Crippen molar-refractivity contribution < 1.29 is 9.47 Å². The second kappa shape index (κ2) is 7.35. The molecule has 2 N–H and O–H groups in total. The molecule has 2 aliphatic heterocycles. The molecule has 3 heterocycles. The first kappa shape index (κ1) is 15.0. The number of rotatable bonds is 6. The van der Waals surface area contributed by atoms with Gasteiger partial charge in [0.15, 0.2) is 0 Å². The Kier molecular flexibility index (Phi) is 5.24. The van der Waals surface area contributed by atoms with Gasteiger partial charge in [0, 0.05) is 56.0 Å². The number of ether oxygens (including phenoxy) is 2. The van der Waals surface area contributed by atoms with E-state index in [-0.39, 0.29) is 0 Å². The van der Waals surface area contributed by atoms with E-state index in [1.165, 1.54) is 12.0 Å². The SMILES string of the molecule is Cc1[nH]ncc1CNC[C@@H]([C@H]1CCOC1)N1CCOCC1. The maximum atomic E-state index is 5.60. The standard InChI is InChI=1S/C15H26N4O2/c1-12-14(9-17-18-12)8-16-10-15(13-2-5-21-11-13)19-3-6-20-7-4-19/h9,13,15-16H,2-8,10-11H2,1H3,(H,17,18)/t13-,15-/m0/s1. The van der Waals surface area contributed by atoms with E-state index in [0.717, 1.165) is 58.3 Å². The molecule has 2 fully saturated rings. The summed E-state index contributed by atoms with van der Waals surface area (Å²) < 4.78 is 11.1. The van der Waals surface area contributed by atoms with Crippen molar-refractivity contribution in [2.24, 2.45) is 5.92 Å². The van der Waals surface area contributed by atoms with E-state index in [0.29, 0.717) is 12.0 Å². The van der Waals surface area contributed by atoms with Crippen molar-refractivity contribution in [1.29, 1.82) is 0 Å². The second-order valence-electron chi connectivity index (χ2n) is 5.99. The Bertz CT molecular complexity index is 425. The third-order valence-electron chi connectivity index (χ3n) is 4.63. The van der Waals surface area contributed by atoms with Gasteiger partial charge in [0.05, 0.1) is 26.0 Å². The van der Waals surface area contributed by atoms with E-state index in [1.54, 1.807) is 0 Å². The lowest BCUT2D eigenvalue weighted by atomic mass is 9.97. The van der Waals surface area contributed by atoms with E-state index >= 15 is 0 Å². The van der Waals surface area contributed by atoms with Crippen molar-refractivity contribution in [1.82, 2.24) is 20.4 Å². The largest absolute Gasteiger partial charge is 0.381 e. The van der Waals surface area contributed by atoms with Gasteiger partial charge in [-0.05, 0) is 13.3 Å². The van der Waals surface area contributed by atoms with Gasteiger partial charge in [-0.15, -0.1) is 0 Å². The molecule has 0 unspecified atom stereocenters. The number of hydrogen-bond donors (Lipinski definition) is 2. The van der Waals surface area contributed by atoms with Crippen molar-refractivity contribution in [3.05, 3.63) is 17.5 Å². The molecule has 118 valence electrons. The van der Waals surface area contributed by atoms with Crippen molar-refractivity contribution >= 4 is 0 Å². The van der Waals surface area contributed by atoms with Crippen molar-refractivity contribution in [3.63, 3.8) is 0 Å². The van der Waals surface area contributed by atoms with Gasteiger partial charge in [0.2, 0.25) is 0 Å². The van der Waals surface area contributed by atoms with Crippen LogP contribution < -0.4 is 5.32 Å². The van der Waals surface area contributed by atoms with Gasteiger partial charge in [-0.25, -0.2) is 0 Å². The van der Waals surface area contributed by atoms with Crippen molar-refractivity contribution in [3.8, 4) is 0 Å². The number of H-pyrrole nitrogens is 1. The van der Waals surface area contributed by atoms with E-state index in [9.17, 15) is 0 Å². The molecule has 1 aromatic rings. The highest BCUT2D eigenvalue weighted by Crippen LogP contribution is 2.22. The molecule has 0 amide bonds. The lowest BCUT2D eigenvalue weighted by Gasteiger charge is -2.37. The fourth-order valence-electron chi connectivity index (χ4n) is 3.27. The summed E-state index contributed by atoms with van der Waals surface area (Å²) in [6, 6.07) is 0.545. The molecule has 1 aromatic heterocycles. The maximum Gasteiger partial charge on any atom is 0.0594 e. The molecular formula is C15H26N4O2. The predicted octanol–water partition coefficient (Wildman–Crippen LogP) is 0.545. The Labute approximate surface area is 126 Å². The Hall–Kier alpha value is -0.950. The normalized spacial score (nSPS) is 25.3. The van der Waals surface area contributed by atoms with Gasteiger partial charge in [-0.1, -0.05) is 0 Å². The number of nitrogens with one attached hydrogen (secondary N) is 2. The first-order chi connectivity index (χ1) is 10.3. The lowest BCUT2D eigenvalue weighted by molar-refractivity contribution is 0.00137. The average Bonchev–Trinajstić information content (AvgIpc) is 3.17. The van der Waals surface area contributed by atoms with Crippen LogP contribution in [0.15, 0.2) is 6.20 Å². The van der Waals surface area contributed by atoms with Crippen LogP contribution in [0.2, 0.25) is 0 Å². The molecular weight excluding hydrogens is 268 g/mol. The highest BCUT2D eigenvalue weighted by molar-refractivity contribution is 5.13. The molecule has 2 saturated heterocycles. The highest BCUT2D eigenvalue weighted by Gasteiger charge is 2.31. The maximum absolute atomic E-state index is 5.60. The monoisotopic (exact) mass is 294 g/mol. The Morgan fingerprint density at radius 2 is 2.24 bits per heavy atom. The summed E-state index contributed by atoms with van der Waals surface area (Å²) in [6.07, 6.45) is 3.08. The molecule has 21 heavy (non-hydrogen) atoms. The molecule has 0 bridgehead atoms. The van der Waals surface area contributed by atoms with Crippen LogP contribution in [0.5, 0.6) is 0 Å². The van der Waals surface area contributed by atoms with Crippen molar-refractivity contribution in [2.45, 2.75) is 25.9 Å². The van der Waals surface area contributed by atoms with Crippen LogP contribution in [0.4, 0.5) is 0 Å². The van der Waals surface area contributed by atoms with Crippen LogP contribution in [-0.2, 0) is 16.0 Å². The molecule has 2 atom stereocenters. The lowest BCUT2D eigenvalue weighted by Crippen LogP contribution is -2.51. The zero-order chi connectivity index (χ0) is 14.5. The van der Waals surface area contributed by atoms with Crippen LogP contribution in [0.1, 0.15) is 17.7 Å². The minimum atomic E-state index is 0.545. The Morgan fingerprint density at radius 3 is 2.90 bits per heavy atom. The zero-order valence-electron chi connectivity index (χ0n) is 12.8. The number of aryl methyl sites for hydroxylation is 1. The van der Waals surface area contributed by atoms with Crippen LogP contribution >= 0.6 is 0 Å². The Balaban J connectivity index is 1.55. The van der Waals surface area contributed by atoms with Crippen LogP contribution in [-0.4, -0.2) is 67.2 Å². The number of hydrogen-bond acceptors (Lipinski definition) is 5. The molecule has 0 saturated carbocycles. The minimum absolute atomic E-state index is 0.545. The Morgan fingerprint density at radius 1 is 1.38 bits per heavy atom. The van der Waals surface area contributed by atoms with E-state index in [1.807, 2.05) is 6.20 Å². The molecule has 6 heteroatoms. The third kappa shape index (κ3) is 3.83. The van der Waals surface area contributed by atoms with Crippen LogP contribution in [0, 0.1) is 12.8 Å². The number of aromatic nitrogens is 2. The molecule has 0 spiro atoms. The first-order valence-electron chi connectivity index (χ1n) is 7.93. The van der Waals surface area contributed by atoms with Gasteiger partial charge in [0.1, 0.15) is 0 Å². The van der Waals surface area contributed by atoms with Gasteiger partial charge in [0.25, 0.3) is 0 Å². The van der Waals surface area contributed by atoms with Crippen molar-refractivity contribution in [2.75, 3.05) is 46.1 Å². The molecule has 6 nitrogen and oxygen atoms in total. The van der Waals surface area contributed by atoms with E-state index in [4.69, 9.17) is 9.47 Å². The molecule has 2 aliphatic rings. The van der Waals surface area contributed by atoms with E-state index < -0.39 is 0 Å². The zero-order valence-corrected chi connectivity index (χ0v) is 12.8. The topological polar surface area (TPSA) is 62.4 Å². The van der Waals surface area contributed by atoms with Gasteiger partial charge in [-0.2, -0.15) is 5.10 Å². The highest BCUT2D eigenvalue weighted by atomic mass is 16.5. The summed E-state index contributed by atoms with van der Waals surface area (Å²) in [7, 11) is 0. The summed E-state index contributed by atoms with van der Waals surface area (Å²) in [5, 5.41) is 10.7. The smallest absolute Gasteiger partial charge is 0.0594 e. The number of nitrogens with zero attached hydrogens (tertiary/aromatic N) is 2. The molecule has 3 rings (SSSR count). The number of aromatic amines is 1. The summed E-state index contributed by atoms with van der Waals surface area (Å²) >= 11 is 0. The predicted molar refractivity (Wildman–Crippen MR) is 80.1 cm³/mol. The minimum Gasteiger partial charge on any atom is -0.381 e. The van der Waals surface area contributed by atoms with Crippen LogP contribution in [0.25, 0.3) is 0 Å². The average molecular weight is 294 g/mol. The van der Waals surface area contributed by atoms with Crippen LogP contribution in [0.3, 0.4) is 0 Å². The van der Waals surface area contributed by atoms with E-state index in [2.05, 4.69) is 27.3 Å². The number of morpholine rings is 1. The summed E-state index contributed by atoms with van der Waals surface area (Å²) in [5.41, 5.74) is 2.40. The van der Waals surface area contributed by atoms with Gasteiger partial charge in [-0.3, -0.25) is 10.00 Å². The summed E-state index contributed by atoms with van der Waals surface area (Å²) in [5.74, 6) is 0.640. The molecule has 0 radical (unpaired) electrons. The van der Waals surface area contributed by atoms with Gasteiger partial charge >= 0.3 is 0 Å². The first-order valence-corrected chi connectivity index (χ1v) is 7.93.